The maximum Gasteiger partial charge on any atom is 0.265 e. The first kappa shape index (κ1) is 11.3. The van der Waals surface area contributed by atoms with E-state index in [1.807, 2.05) is 0 Å². The SMILES string of the molecule is Cn1ccc(-c2ccc(F)c(F)c2)c1C(N)=O. The highest BCUT2D eigenvalue weighted by Crippen LogP contribution is 2.25. The molecule has 0 saturated heterocycles. The number of hydrogen-bond donors (Lipinski definition) is 1. The summed E-state index contributed by atoms with van der Waals surface area (Å²) in [7, 11) is 1.66. The van der Waals surface area contributed by atoms with Crippen LogP contribution in [0, 0.1) is 11.6 Å². The molecule has 0 aliphatic rings. The second-order valence-corrected chi connectivity index (χ2v) is 3.68. The van der Waals surface area contributed by atoms with Crippen LogP contribution in [0.2, 0.25) is 0 Å². The van der Waals surface area contributed by atoms with Gasteiger partial charge in [-0.15, -0.1) is 0 Å². The molecule has 2 rings (SSSR count). The third kappa shape index (κ3) is 1.91. The Morgan fingerprint density at radius 1 is 1.24 bits per heavy atom. The minimum Gasteiger partial charge on any atom is -0.364 e. The second kappa shape index (κ2) is 4.01. The Kier molecular flexibility index (Phi) is 2.67. The second-order valence-electron chi connectivity index (χ2n) is 3.68. The molecule has 1 aromatic carbocycles. The summed E-state index contributed by atoms with van der Waals surface area (Å²) in [6.45, 7) is 0. The third-order valence-corrected chi connectivity index (χ3v) is 2.54. The average molecular weight is 236 g/mol. The zero-order chi connectivity index (χ0) is 12.6. The van der Waals surface area contributed by atoms with Gasteiger partial charge in [-0.3, -0.25) is 4.79 Å². The van der Waals surface area contributed by atoms with Crippen molar-refractivity contribution in [3.8, 4) is 11.1 Å². The molecule has 0 bridgehead atoms. The molecular weight excluding hydrogens is 226 g/mol. The van der Waals surface area contributed by atoms with Crippen molar-refractivity contribution in [3.63, 3.8) is 0 Å². The number of rotatable bonds is 2. The minimum atomic E-state index is -0.957. The number of nitrogens with two attached hydrogens (primary N) is 1. The quantitative estimate of drug-likeness (QED) is 0.852. The van der Waals surface area contributed by atoms with Crippen LogP contribution in [-0.4, -0.2) is 10.5 Å². The summed E-state index contributed by atoms with van der Waals surface area (Å²) in [4.78, 5) is 11.3. The topological polar surface area (TPSA) is 48.0 Å². The Morgan fingerprint density at radius 2 is 1.94 bits per heavy atom. The molecule has 0 aliphatic carbocycles. The van der Waals surface area contributed by atoms with Crippen LogP contribution in [0.15, 0.2) is 30.5 Å². The van der Waals surface area contributed by atoms with E-state index in [0.29, 0.717) is 11.1 Å². The van der Waals surface area contributed by atoms with E-state index in [2.05, 4.69) is 0 Å². The van der Waals surface area contributed by atoms with Crippen LogP contribution in [0.5, 0.6) is 0 Å². The van der Waals surface area contributed by atoms with Crippen LogP contribution in [-0.2, 0) is 7.05 Å². The molecule has 88 valence electrons. The molecule has 2 N–H and O–H groups in total. The summed E-state index contributed by atoms with van der Waals surface area (Å²) in [6, 6.07) is 5.09. The Balaban J connectivity index is 2.60. The fourth-order valence-corrected chi connectivity index (χ4v) is 1.73. The monoisotopic (exact) mass is 236 g/mol. The molecule has 1 amide bonds. The van der Waals surface area contributed by atoms with Gasteiger partial charge >= 0.3 is 0 Å². The Hall–Kier alpha value is -2.17. The summed E-state index contributed by atoms with van der Waals surface area (Å²) >= 11 is 0. The number of aryl methyl sites for hydroxylation is 1. The minimum absolute atomic E-state index is 0.260. The van der Waals surface area contributed by atoms with Gasteiger partial charge in [-0.25, -0.2) is 8.78 Å². The molecule has 0 saturated carbocycles. The van der Waals surface area contributed by atoms with Crippen LogP contribution in [0.1, 0.15) is 10.5 Å². The normalized spacial score (nSPS) is 10.5. The molecule has 0 unspecified atom stereocenters. The van der Waals surface area contributed by atoms with Crippen molar-refractivity contribution in [1.82, 2.24) is 4.57 Å². The summed E-state index contributed by atoms with van der Waals surface area (Å²) in [5, 5.41) is 0. The highest BCUT2D eigenvalue weighted by Gasteiger charge is 2.15. The van der Waals surface area contributed by atoms with Gasteiger partial charge in [0.1, 0.15) is 5.69 Å². The van der Waals surface area contributed by atoms with E-state index in [-0.39, 0.29) is 5.69 Å². The summed E-state index contributed by atoms with van der Waals surface area (Å²) < 4.78 is 27.5. The van der Waals surface area contributed by atoms with Crippen LogP contribution >= 0.6 is 0 Å². The first-order valence-corrected chi connectivity index (χ1v) is 4.91. The molecule has 1 aromatic heterocycles. The molecule has 3 nitrogen and oxygen atoms in total. The lowest BCUT2D eigenvalue weighted by Gasteiger charge is -2.04. The molecule has 17 heavy (non-hydrogen) atoms. The number of benzene rings is 1. The smallest absolute Gasteiger partial charge is 0.265 e. The van der Waals surface area contributed by atoms with Crippen molar-refractivity contribution in [2.45, 2.75) is 0 Å². The number of nitrogens with zero attached hydrogens (tertiary/aromatic N) is 1. The van der Waals surface area contributed by atoms with Gasteiger partial charge in [0.05, 0.1) is 0 Å². The third-order valence-electron chi connectivity index (χ3n) is 2.54. The summed E-state index contributed by atoms with van der Waals surface area (Å²) in [5.74, 6) is -2.50. The van der Waals surface area contributed by atoms with E-state index in [1.165, 1.54) is 6.07 Å². The van der Waals surface area contributed by atoms with Crippen molar-refractivity contribution in [3.05, 3.63) is 47.8 Å². The predicted molar refractivity (Wildman–Crippen MR) is 59.3 cm³/mol. The predicted octanol–water partition coefficient (Wildman–Crippen LogP) is 2.07. The maximum absolute atomic E-state index is 13.1. The maximum atomic E-state index is 13.1. The van der Waals surface area contributed by atoms with E-state index in [9.17, 15) is 13.6 Å². The van der Waals surface area contributed by atoms with E-state index < -0.39 is 17.5 Å². The lowest BCUT2D eigenvalue weighted by molar-refractivity contribution is 0.0993. The number of carbonyl (C=O) groups is 1. The number of halogens is 2. The number of hydrogen-bond acceptors (Lipinski definition) is 1. The molecule has 1 heterocycles. The van der Waals surface area contributed by atoms with Crippen LogP contribution < -0.4 is 5.73 Å². The molecular formula is C12H10F2N2O. The summed E-state index contributed by atoms with van der Waals surface area (Å²) in [6.07, 6.45) is 1.64. The van der Waals surface area contributed by atoms with Gasteiger partial charge < -0.3 is 10.3 Å². The van der Waals surface area contributed by atoms with Gasteiger partial charge in [-0.2, -0.15) is 0 Å². The van der Waals surface area contributed by atoms with Crippen LogP contribution in [0.25, 0.3) is 11.1 Å². The Morgan fingerprint density at radius 3 is 2.53 bits per heavy atom. The highest BCUT2D eigenvalue weighted by molar-refractivity contribution is 5.98. The number of amides is 1. The van der Waals surface area contributed by atoms with Crippen molar-refractivity contribution < 1.29 is 13.6 Å². The van der Waals surface area contributed by atoms with Crippen LogP contribution in [0.3, 0.4) is 0 Å². The molecule has 0 radical (unpaired) electrons. The molecule has 0 spiro atoms. The number of aromatic nitrogens is 1. The average Bonchev–Trinajstić information content (AvgIpc) is 2.64. The zero-order valence-electron chi connectivity index (χ0n) is 9.08. The summed E-state index contributed by atoms with van der Waals surface area (Å²) in [5.41, 5.74) is 6.40. The van der Waals surface area contributed by atoms with E-state index in [1.54, 1.807) is 23.9 Å². The molecule has 0 fully saturated rings. The fraction of sp³-hybridized carbons (Fsp3) is 0.0833. The van der Waals surface area contributed by atoms with Gasteiger partial charge in [-0.1, -0.05) is 6.07 Å². The van der Waals surface area contributed by atoms with Crippen molar-refractivity contribution in [2.24, 2.45) is 12.8 Å². The number of primary amides is 1. The van der Waals surface area contributed by atoms with E-state index in [0.717, 1.165) is 12.1 Å². The Labute approximate surface area is 96.5 Å². The zero-order valence-corrected chi connectivity index (χ0v) is 9.08. The Bertz CT molecular complexity index is 590. The number of carbonyl (C=O) groups excluding carboxylic acids is 1. The largest absolute Gasteiger partial charge is 0.364 e. The van der Waals surface area contributed by atoms with E-state index >= 15 is 0 Å². The fourth-order valence-electron chi connectivity index (χ4n) is 1.73. The van der Waals surface area contributed by atoms with Crippen LogP contribution in [0.4, 0.5) is 8.78 Å². The van der Waals surface area contributed by atoms with E-state index in [4.69, 9.17) is 5.73 Å². The van der Waals surface area contributed by atoms with Crippen molar-refractivity contribution >= 4 is 5.91 Å². The lowest BCUT2D eigenvalue weighted by atomic mass is 10.1. The van der Waals surface area contributed by atoms with Gasteiger partial charge in [0.15, 0.2) is 11.6 Å². The van der Waals surface area contributed by atoms with Crippen molar-refractivity contribution in [2.75, 3.05) is 0 Å². The standard InChI is InChI=1S/C12H10F2N2O/c1-16-5-4-8(11(16)12(15)17)7-2-3-9(13)10(14)6-7/h2-6H,1H3,(H2,15,17). The van der Waals surface area contributed by atoms with Gasteiger partial charge in [-0.05, 0) is 23.8 Å². The lowest BCUT2D eigenvalue weighted by Crippen LogP contribution is -2.16. The van der Waals surface area contributed by atoms with Gasteiger partial charge in [0, 0.05) is 18.8 Å². The molecule has 0 atom stereocenters. The van der Waals surface area contributed by atoms with Gasteiger partial charge in [0.2, 0.25) is 0 Å². The highest BCUT2D eigenvalue weighted by atomic mass is 19.2. The molecule has 0 aliphatic heterocycles. The molecule has 2 aromatic rings. The first-order chi connectivity index (χ1) is 8.00. The first-order valence-electron chi connectivity index (χ1n) is 4.91. The van der Waals surface area contributed by atoms with Gasteiger partial charge in [0.25, 0.3) is 5.91 Å². The van der Waals surface area contributed by atoms with Crippen molar-refractivity contribution in [1.29, 1.82) is 0 Å². The molecule has 5 heteroatoms.